The molecule has 8 heteroatoms. The fraction of sp³-hybridized carbons (Fsp3) is 0.143. The lowest BCUT2D eigenvalue weighted by atomic mass is 9.97. The van der Waals surface area contributed by atoms with Crippen molar-refractivity contribution in [1.29, 1.82) is 0 Å². The van der Waals surface area contributed by atoms with E-state index in [1.165, 1.54) is 12.1 Å². The van der Waals surface area contributed by atoms with Crippen LogP contribution in [0.4, 0.5) is 26.3 Å². The molecule has 0 unspecified atom stereocenters. The van der Waals surface area contributed by atoms with Crippen LogP contribution in [0, 0.1) is 23.3 Å². The molecular weight excluding hydrogens is 502 g/mol. The van der Waals surface area contributed by atoms with E-state index in [-0.39, 0.29) is 5.02 Å². The zero-order valence-electron chi connectivity index (χ0n) is 18.9. The predicted molar refractivity (Wildman–Crippen MR) is 127 cm³/mol. The fourth-order valence-electron chi connectivity index (χ4n) is 3.78. The van der Waals surface area contributed by atoms with Crippen molar-refractivity contribution in [1.82, 2.24) is 0 Å². The highest BCUT2D eigenvalue weighted by molar-refractivity contribution is 6.33. The molecule has 0 fully saturated rings. The summed E-state index contributed by atoms with van der Waals surface area (Å²) in [7, 11) is 0. The zero-order valence-corrected chi connectivity index (χ0v) is 19.7. The third-order valence-corrected chi connectivity index (χ3v) is 5.99. The van der Waals surface area contributed by atoms with Gasteiger partial charge in [0.1, 0.15) is 11.6 Å². The van der Waals surface area contributed by atoms with Crippen molar-refractivity contribution in [2.45, 2.75) is 25.9 Å². The van der Waals surface area contributed by atoms with Gasteiger partial charge in [0.05, 0.1) is 10.6 Å². The Morgan fingerprint density at radius 3 is 1.83 bits per heavy atom. The summed E-state index contributed by atoms with van der Waals surface area (Å²) in [5.74, 6) is -6.64. The minimum atomic E-state index is -3.99. The van der Waals surface area contributed by atoms with Crippen molar-refractivity contribution >= 4 is 11.6 Å². The van der Waals surface area contributed by atoms with Gasteiger partial charge in [-0.05, 0) is 35.2 Å². The molecule has 4 rings (SSSR count). The maximum atomic E-state index is 15.1. The van der Waals surface area contributed by atoms with Gasteiger partial charge < -0.3 is 4.74 Å². The number of ether oxygens (including phenoxy) is 1. The van der Waals surface area contributed by atoms with Gasteiger partial charge >= 0.3 is 6.11 Å². The van der Waals surface area contributed by atoms with Crippen LogP contribution in [-0.4, -0.2) is 0 Å². The van der Waals surface area contributed by atoms with E-state index in [9.17, 15) is 22.0 Å². The average molecular weight is 521 g/mol. The number of rotatable bonds is 7. The SMILES string of the molecule is CCCc1ccc(-c2ccc(-c3ccc(C(F)(F)Oc4cc(F)c(F)c(F)c4)cc3)c(Cl)c2F)cc1. The van der Waals surface area contributed by atoms with Gasteiger partial charge in [0.25, 0.3) is 0 Å². The molecule has 0 radical (unpaired) electrons. The number of halogens is 7. The van der Waals surface area contributed by atoms with Crippen molar-refractivity contribution in [2.24, 2.45) is 0 Å². The molecule has 0 spiro atoms. The molecule has 0 amide bonds. The number of hydrogen-bond donors (Lipinski definition) is 0. The fourth-order valence-corrected chi connectivity index (χ4v) is 4.05. The van der Waals surface area contributed by atoms with Gasteiger partial charge in [-0.3, -0.25) is 0 Å². The molecule has 1 nitrogen and oxygen atoms in total. The molecule has 186 valence electrons. The van der Waals surface area contributed by atoms with Crippen LogP contribution < -0.4 is 4.74 Å². The molecule has 4 aromatic carbocycles. The molecule has 0 atom stereocenters. The minimum Gasteiger partial charge on any atom is -0.429 e. The molecule has 0 aliphatic heterocycles. The summed E-state index contributed by atoms with van der Waals surface area (Å²) < 4.78 is 88.4. The van der Waals surface area contributed by atoms with E-state index in [1.54, 1.807) is 12.1 Å². The summed E-state index contributed by atoms with van der Waals surface area (Å²) in [6.07, 6.45) is -2.08. The molecule has 0 saturated heterocycles. The number of alkyl halides is 2. The molecule has 0 aliphatic carbocycles. The van der Waals surface area contributed by atoms with E-state index >= 15 is 4.39 Å². The summed E-state index contributed by atoms with van der Waals surface area (Å²) in [4.78, 5) is 0. The molecule has 4 aromatic rings. The highest BCUT2D eigenvalue weighted by Gasteiger charge is 2.35. The second-order valence-corrected chi connectivity index (χ2v) is 8.51. The van der Waals surface area contributed by atoms with Crippen LogP contribution in [0.2, 0.25) is 5.02 Å². The standard InChI is InChI=1S/C28H19ClF6O/c1-2-3-16-4-6-18(7-5-16)22-13-12-21(25(29)26(22)32)17-8-10-19(11-9-17)28(34,35)36-20-14-23(30)27(33)24(31)15-20/h4-15H,2-3H2,1H3. The maximum absolute atomic E-state index is 15.1. The van der Waals surface area contributed by atoms with Crippen LogP contribution in [-0.2, 0) is 12.5 Å². The van der Waals surface area contributed by atoms with E-state index in [0.29, 0.717) is 34.4 Å². The van der Waals surface area contributed by atoms with Crippen LogP contribution in [0.15, 0.2) is 72.8 Å². The van der Waals surface area contributed by atoms with Gasteiger partial charge in [0.2, 0.25) is 0 Å². The third kappa shape index (κ3) is 5.21. The Morgan fingerprint density at radius 2 is 1.25 bits per heavy atom. The smallest absolute Gasteiger partial charge is 0.426 e. The van der Waals surface area contributed by atoms with Gasteiger partial charge in [-0.15, -0.1) is 0 Å². The summed E-state index contributed by atoms with van der Waals surface area (Å²) in [6, 6.07) is 15.9. The van der Waals surface area contributed by atoms with Crippen molar-refractivity contribution in [2.75, 3.05) is 0 Å². The summed E-state index contributed by atoms with van der Waals surface area (Å²) >= 11 is 6.29. The van der Waals surface area contributed by atoms with E-state index in [4.69, 9.17) is 11.6 Å². The van der Waals surface area contributed by atoms with Gasteiger partial charge in [0.15, 0.2) is 17.5 Å². The summed E-state index contributed by atoms with van der Waals surface area (Å²) in [5.41, 5.74) is 2.11. The molecular formula is C28H19ClF6O. The van der Waals surface area contributed by atoms with Gasteiger partial charge in [-0.2, -0.15) is 8.78 Å². The first-order chi connectivity index (χ1) is 17.1. The van der Waals surface area contributed by atoms with E-state index in [2.05, 4.69) is 11.7 Å². The maximum Gasteiger partial charge on any atom is 0.426 e. The highest BCUT2D eigenvalue weighted by Crippen LogP contribution is 2.38. The first kappa shape index (κ1) is 25.6. The second kappa shape index (κ2) is 10.3. The van der Waals surface area contributed by atoms with E-state index in [1.807, 2.05) is 24.3 Å². The van der Waals surface area contributed by atoms with Gasteiger partial charge in [-0.25, -0.2) is 17.6 Å². The van der Waals surface area contributed by atoms with Crippen LogP contribution in [0.25, 0.3) is 22.3 Å². The average Bonchev–Trinajstić information content (AvgIpc) is 2.85. The molecule has 0 aliphatic rings. The van der Waals surface area contributed by atoms with E-state index < -0.39 is 40.7 Å². The lowest BCUT2D eigenvalue weighted by Gasteiger charge is -2.19. The van der Waals surface area contributed by atoms with Crippen molar-refractivity contribution in [3.63, 3.8) is 0 Å². The first-order valence-corrected chi connectivity index (χ1v) is 11.4. The molecule has 0 heterocycles. The lowest BCUT2D eigenvalue weighted by molar-refractivity contribution is -0.185. The quantitative estimate of drug-likeness (QED) is 0.174. The van der Waals surface area contributed by atoms with Crippen molar-refractivity contribution in [3.8, 4) is 28.0 Å². The molecule has 0 bridgehead atoms. The Balaban J connectivity index is 1.58. The Labute approximate surface area is 208 Å². The lowest BCUT2D eigenvalue weighted by Crippen LogP contribution is -2.22. The molecule has 0 saturated carbocycles. The van der Waals surface area contributed by atoms with Gasteiger partial charge in [0, 0.05) is 23.3 Å². The topological polar surface area (TPSA) is 9.23 Å². The summed E-state index contributed by atoms with van der Waals surface area (Å²) in [6.45, 7) is 2.07. The Kier molecular flexibility index (Phi) is 7.31. The Hall–Kier alpha value is -3.45. The Morgan fingerprint density at radius 1 is 0.722 bits per heavy atom. The molecule has 36 heavy (non-hydrogen) atoms. The minimum absolute atomic E-state index is 0.168. The van der Waals surface area contributed by atoms with Crippen LogP contribution in [0.1, 0.15) is 24.5 Å². The van der Waals surface area contributed by atoms with Crippen LogP contribution >= 0.6 is 11.6 Å². The monoisotopic (exact) mass is 520 g/mol. The number of aryl methyl sites for hydroxylation is 1. The first-order valence-electron chi connectivity index (χ1n) is 11.0. The van der Waals surface area contributed by atoms with Crippen molar-refractivity contribution in [3.05, 3.63) is 112 Å². The van der Waals surface area contributed by atoms with E-state index in [0.717, 1.165) is 30.5 Å². The third-order valence-electron chi connectivity index (χ3n) is 5.62. The number of benzene rings is 4. The highest BCUT2D eigenvalue weighted by atomic mass is 35.5. The largest absolute Gasteiger partial charge is 0.429 e. The zero-order chi connectivity index (χ0) is 26.0. The second-order valence-electron chi connectivity index (χ2n) is 8.13. The predicted octanol–water partition coefficient (Wildman–Crippen LogP) is 9.31. The molecule has 0 N–H and O–H groups in total. The van der Waals surface area contributed by atoms with Crippen LogP contribution in [0.5, 0.6) is 5.75 Å². The van der Waals surface area contributed by atoms with Gasteiger partial charge in [-0.1, -0.05) is 73.5 Å². The summed E-state index contributed by atoms with van der Waals surface area (Å²) in [5, 5.41) is -0.168. The van der Waals surface area contributed by atoms with Crippen molar-refractivity contribution < 1.29 is 31.1 Å². The Bertz CT molecular complexity index is 1360. The van der Waals surface area contributed by atoms with Crippen LogP contribution in [0.3, 0.4) is 0 Å². The molecule has 0 aromatic heterocycles. The normalized spacial score (nSPS) is 11.6. The number of hydrogen-bond acceptors (Lipinski definition) is 1.